The van der Waals surface area contributed by atoms with Crippen LogP contribution in [0.25, 0.3) is 0 Å². The molecule has 2 aliphatic heterocycles. The monoisotopic (exact) mass is 448 g/mol. The molecule has 0 saturated carbocycles. The summed E-state index contributed by atoms with van der Waals surface area (Å²) in [5, 5.41) is 2.81. The fraction of sp³-hybridized carbons (Fsp3) is 0.381. The maximum absolute atomic E-state index is 13.1. The predicted octanol–water partition coefficient (Wildman–Crippen LogP) is 1.42. The molecule has 10 heteroatoms. The minimum atomic E-state index is -3.82. The minimum absolute atomic E-state index is 0.0381. The number of amides is 1. The lowest BCUT2D eigenvalue weighted by Crippen LogP contribution is -2.40. The van der Waals surface area contributed by atoms with E-state index in [0.29, 0.717) is 37.9 Å². The highest BCUT2D eigenvalue weighted by Gasteiger charge is 2.30. The van der Waals surface area contributed by atoms with Gasteiger partial charge in [-0.1, -0.05) is 6.07 Å². The number of morpholine rings is 1. The number of nitrogens with zero attached hydrogens (tertiary/aromatic N) is 1. The van der Waals surface area contributed by atoms with Gasteiger partial charge in [0.05, 0.1) is 20.3 Å². The molecule has 2 aliphatic rings. The Morgan fingerprint density at radius 1 is 1.03 bits per heavy atom. The van der Waals surface area contributed by atoms with Crippen molar-refractivity contribution in [3.05, 3.63) is 47.5 Å². The third kappa shape index (κ3) is 4.60. The lowest BCUT2D eigenvalue weighted by molar-refractivity contribution is 0.0729. The molecule has 2 heterocycles. The van der Waals surface area contributed by atoms with E-state index >= 15 is 0 Å². The molecule has 1 N–H and O–H groups in total. The second-order valence-corrected chi connectivity index (χ2v) is 8.95. The number of hydrogen-bond donors (Lipinski definition) is 1. The number of nitrogens with one attached hydrogen (secondary N) is 1. The van der Waals surface area contributed by atoms with Crippen LogP contribution in [0.1, 0.15) is 15.9 Å². The lowest BCUT2D eigenvalue weighted by atomic mass is 10.1. The predicted molar refractivity (Wildman–Crippen MR) is 111 cm³/mol. The highest BCUT2D eigenvalue weighted by molar-refractivity contribution is 7.89. The zero-order chi connectivity index (χ0) is 21.8. The van der Waals surface area contributed by atoms with Crippen molar-refractivity contribution in [3.8, 4) is 17.2 Å². The van der Waals surface area contributed by atoms with Crippen LogP contribution in [-0.4, -0.2) is 65.3 Å². The van der Waals surface area contributed by atoms with Gasteiger partial charge >= 0.3 is 0 Å². The van der Waals surface area contributed by atoms with Gasteiger partial charge in [0.1, 0.15) is 23.9 Å². The topological polar surface area (TPSA) is 103 Å². The number of rotatable bonds is 6. The zero-order valence-electron chi connectivity index (χ0n) is 17.1. The van der Waals surface area contributed by atoms with E-state index in [0.717, 1.165) is 5.56 Å². The Balaban J connectivity index is 1.51. The van der Waals surface area contributed by atoms with E-state index in [-0.39, 0.29) is 35.8 Å². The summed E-state index contributed by atoms with van der Waals surface area (Å²) in [6.45, 7) is 2.42. The molecule has 2 aromatic rings. The minimum Gasteiger partial charge on any atom is -0.495 e. The first-order valence-corrected chi connectivity index (χ1v) is 11.4. The van der Waals surface area contributed by atoms with Crippen molar-refractivity contribution in [2.75, 3.05) is 46.6 Å². The van der Waals surface area contributed by atoms with Gasteiger partial charge in [0.15, 0.2) is 11.5 Å². The van der Waals surface area contributed by atoms with Crippen LogP contribution in [0.2, 0.25) is 0 Å². The molecule has 166 valence electrons. The van der Waals surface area contributed by atoms with Crippen LogP contribution < -0.4 is 19.5 Å². The Kier molecular flexibility index (Phi) is 6.30. The summed E-state index contributed by atoms with van der Waals surface area (Å²) in [5.74, 6) is 1.11. The molecular formula is C21H24N2O7S. The highest BCUT2D eigenvalue weighted by atomic mass is 32.2. The van der Waals surface area contributed by atoms with Crippen molar-refractivity contribution in [3.63, 3.8) is 0 Å². The summed E-state index contributed by atoms with van der Waals surface area (Å²) in [7, 11) is -2.42. The fourth-order valence-corrected chi connectivity index (χ4v) is 5.02. The first-order chi connectivity index (χ1) is 15.0. The molecule has 1 amide bonds. The molecule has 0 radical (unpaired) electrons. The first-order valence-electron chi connectivity index (χ1n) is 9.92. The van der Waals surface area contributed by atoms with E-state index in [1.165, 1.54) is 29.6 Å². The SMILES string of the molecule is COc1ccc(C(=O)NCc2ccc3c(c2)OCCO3)cc1S(=O)(=O)N1CCOCC1. The standard InChI is InChI=1S/C21H24N2O7S/c1-27-18-5-3-16(13-20(18)31(25,26)23-6-8-28-9-7-23)21(24)22-14-15-2-4-17-19(12-15)30-11-10-29-17/h2-5,12-13H,6-11,14H2,1H3,(H,22,24). The third-order valence-corrected chi connectivity index (χ3v) is 6.99. The normalized spacial score (nSPS) is 16.5. The maximum atomic E-state index is 13.1. The van der Waals surface area contributed by atoms with Gasteiger partial charge in [-0.2, -0.15) is 4.31 Å². The summed E-state index contributed by atoms with van der Waals surface area (Å²) in [6, 6.07) is 9.84. The van der Waals surface area contributed by atoms with E-state index in [2.05, 4.69) is 5.32 Å². The van der Waals surface area contributed by atoms with Crippen molar-refractivity contribution in [2.45, 2.75) is 11.4 Å². The van der Waals surface area contributed by atoms with Crippen LogP contribution in [-0.2, 0) is 21.3 Å². The van der Waals surface area contributed by atoms with Crippen LogP contribution in [0, 0.1) is 0 Å². The number of carbonyl (C=O) groups is 1. The van der Waals surface area contributed by atoms with Crippen molar-refractivity contribution in [2.24, 2.45) is 0 Å². The molecule has 9 nitrogen and oxygen atoms in total. The smallest absolute Gasteiger partial charge is 0.251 e. The van der Waals surface area contributed by atoms with Crippen molar-refractivity contribution in [1.29, 1.82) is 0 Å². The summed E-state index contributed by atoms with van der Waals surface area (Å²) in [6.07, 6.45) is 0. The third-order valence-electron chi connectivity index (χ3n) is 5.07. The van der Waals surface area contributed by atoms with Crippen molar-refractivity contribution < 1.29 is 32.2 Å². The van der Waals surface area contributed by atoms with Crippen LogP contribution in [0.5, 0.6) is 17.2 Å². The Morgan fingerprint density at radius 3 is 2.52 bits per heavy atom. The molecule has 1 fully saturated rings. The molecule has 0 atom stereocenters. The first kappa shape index (κ1) is 21.4. The van der Waals surface area contributed by atoms with E-state index in [9.17, 15) is 13.2 Å². The molecule has 0 aliphatic carbocycles. The number of methoxy groups -OCH3 is 1. The molecule has 1 saturated heterocycles. The van der Waals surface area contributed by atoms with E-state index in [4.69, 9.17) is 18.9 Å². The summed E-state index contributed by atoms with van der Waals surface area (Å²) in [4.78, 5) is 12.7. The Hall–Kier alpha value is -2.82. The van der Waals surface area contributed by atoms with Crippen molar-refractivity contribution in [1.82, 2.24) is 9.62 Å². The van der Waals surface area contributed by atoms with Gasteiger partial charge in [-0.25, -0.2) is 8.42 Å². The highest BCUT2D eigenvalue weighted by Crippen LogP contribution is 2.31. The molecular weight excluding hydrogens is 424 g/mol. The second-order valence-electron chi connectivity index (χ2n) is 7.04. The molecule has 2 aromatic carbocycles. The van der Waals surface area contributed by atoms with Gasteiger partial charge in [-0.05, 0) is 35.9 Å². The van der Waals surface area contributed by atoms with Crippen LogP contribution in [0.4, 0.5) is 0 Å². The molecule has 31 heavy (non-hydrogen) atoms. The Morgan fingerprint density at radius 2 is 1.77 bits per heavy atom. The summed E-state index contributed by atoms with van der Waals surface area (Å²) >= 11 is 0. The molecule has 0 unspecified atom stereocenters. The molecule has 0 spiro atoms. The number of ether oxygens (including phenoxy) is 4. The van der Waals surface area contributed by atoms with Crippen LogP contribution in [0.3, 0.4) is 0 Å². The molecule has 0 aromatic heterocycles. The van der Waals surface area contributed by atoms with Gasteiger partial charge < -0.3 is 24.3 Å². The molecule has 0 bridgehead atoms. The summed E-state index contributed by atoms with van der Waals surface area (Å²) in [5.41, 5.74) is 1.07. The number of benzene rings is 2. The van der Waals surface area contributed by atoms with Crippen LogP contribution >= 0.6 is 0 Å². The number of carbonyl (C=O) groups excluding carboxylic acids is 1. The second kappa shape index (κ2) is 9.13. The van der Waals surface area contributed by atoms with Gasteiger partial charge in [0.2, 0.25) is 10.0 Å². The van der Waals surface area contributed by atoms with Gasteiger partial charge in [-0.3, -0.25) is 4.79 Å². The molecule has 4 rings (SSSR count). The summed E-state index contributed by atoms with van der Waals surface area (Å²) < 4.78 is 49.1. The number of sulfonamides is 1. The quantitative estimate of drug-likeness (QED) is 0.713. The largest absolute Gasteiger partial charge is 0.495 e. The lowest BCUT2D eigenvalue weighted by Gasteiger charge is -2.26. The fourth-order valence-electron chi connectivity index (χ4n) is 3.43. The van der Waals surface area contributed by atoms with Crippen LogP contribution in [0.15, 0.2) is 41.3 Å². The average Bonchev–Trinajstić information content (AvgIpc) is 2.82. The van der Waals surface area contributed by atoms with E-state index in [1.54, 1.807) is 6.07 Å². The maximum Gasteiger partial charge on any atom is 0.251 e. The Bertz CT molecular complexity index is 1070. The Labute approximate surface area is 180 Å². The zero-order valence-corrected chi connectivity index (χ0v) is 17.9. The number of fused-ring (bicyclic) bond motifs is 1. The van der Waals surface area contributed by atoms with Crippen molar-refractivity contribution >= 4 is 15.9 Å². The van der Waals surface area contributed by atoms with Gasteiger partial charge in [0, 0.05) is 25.2 Å². The van der Waals surface area contributed by atoms with E-state index < -0.39 is 15.9 Å². The van der Waals surface area contributed by atoms with Gasteiger partial charge in [-0.15, -0.1) is 0 Å². The average molecular weight is 448 g/mol. The van der Waals surface area contributed by atoms with E-state index in [1.807, 2.05) is 12.1 Å². The van der Waals surface area contributed by atoms with Gasteiger partial charge in [0.25, 0.3) is 5.91 Å². The number of hydrogen-bond acceptors (Lipinski definition) is 7.